The Morgan fingerprint density at radius 1 is 1.00 bits per heavy atom. The van der Waals surface area contributed by atoms with Gasteiger partial charge < -0.3 is 4.74 Å². The van der Waals surface area contributed by atoms with Crippen LogP contribution in [0, 0.1) is 11.8 Å². The number of benzene rings is 2. The fourth-order valence-corrected chi connectivity index (χ4v) is 5.10. The molecule has 0 spiro atoms. The van der Waals surface area contributed by atoms with Crippen LogP contribution in [0.25, 0.3) is 0 Å². The topological polar surface area (TPSA) is 49.9 Å². The summed E-state index contributed by atoms with van der Waals surface area (Å²) in [4.78, 5) is 30.3. The molecule has 3 rings (SSSR count). The van der Waals surface area contributed by atoms with Crippen LogP contribution in [0.15, 0.2) is 60.7 Å². The predicted octanol–water partition coefficient (Wildman–Crippen LogP) is 5.89. The Balaban J connectivity index is 1.85. The SMILES string of the molecule is CCC[C@@H](CN(Cc1ccccc1)Cc1ccccc1)C(=O)N1C(=O)OC(C)(C)[C@@H]1C(C)C. The monoisotopic (exact) mass is 450 g/mol. The fraction of sp³-hybridized carbons (Fsp3) is 0.500. The van der Waals surface area contributed by atoms with Gasteiger partial charge >= 0.3 is 6.09 Å². The molecule has 1 saturated heterocycles. The summed E-state index contributed by atoms with van der Waals surface area (Å²) in [6.45, 7) is 12.0. The molecule has 0 aliphatic carbocycles. The fourth-order valence-electron chi connectivity index (χ4n) is 5.10. The molecule has 2 amide bonds. The standard InChI is InChI=1S/C28H38N2O3/c1-6-13-24(26(31)30-25(21(2)3)28(4,5)33-27(30)32)20-29(18-22-14-9-7-10-15-22)19-23-16-11-8-12-17-23/h7-12,14-17,21,24-25H,6,13,18-20H2,1-5H3/t24-,25-/m0/s1. The van der Waals surface area contributed by atoms with Crippen molar-refractivity contribution in [2.45, 2.75) is 72.2 Å². The molecule has 1 aliphatic heterocycles. The minimum atomic E-state index is -0.689. The van der Waals surface area contributed by atoms with Gasteiger partial charge in [0.2, 0.25) is 5.91 Å². The normalized spacial score (nSPS) is 18.6. The first-order valence-electron chi connectivity index (χ1n) is 12.1. The van der Waals surface area contributed by atoms with Crippen LogP contribution in [0.2, 0.25) is 0 Å². The molecule has 0 bridgehead atoms. The molecule has 2 atom stereocenters. The van der Waals surface area contributed by atoms with Gasteiger partial charge in [0.25, 0.3) is 0 Å². The molecule has 178 valence electrons. The lowest BCUT2D eigenvalue weighted by Gasteiger charge is -2.34. The maximum Gasteiger partial charge on any atom is 0.417 e. The molecule has 0 aromatic heterocycles. The number of hydrogen-bond acceptors (Lipinski definition) is 4. The second kappa shape index (κ2) is 11.0. The zero-order valence-electron chi connectivity index (χ0n) is 20.7. The first-order valence-corrected chi connectivity index (χ1v) is 12.1. The van der Waals surface area contributed by atoms with Crippen molar-refractivity contribution in [3.8, 4) is 0 Å². The van der Waals surface area contributed by atoms with Crippen molar-refractivity contribution in [3.63, 3.8) is 0 Å². The molecule has 1 aliphatic rings. The maximum absolute atomic E-state index is 13.8. The molecule has 0 radical (unpaired) electrons. The smallest absolute Gasteiger partial charge is 0.417 e. The Hall–Kier alpha value is -2.66. The highest BCUT2D eigenvalue weighted by Gasteiger charge is 2.52. The van der Waals surface area contributed by atoms with Crippen LogP contribution in [-0.2, 0) is 22.6 Å². The molecule has 1 fully saturated rings. The van der Waals surface area contributed by atoms with Crippen molar-refractivity contribution in [1.82, 2.24) is 9.80 Å². The lowest BCUT2D eigenvalue weighted by atomic mass is 9.88. The van der Waals surface area contributed by atoms with Gasteiger partial charge in [-0.05, 0) is 37.3 Å². The summed E-state index contributed by atoms with van der Waals surface area (Å²) in [5.41, 5.74) is 1.72. The van der Waals surface area contributed by atoms with Crippen molar-refractivity contribution in [2.75, 3.05) is 6.54 Å². The maximum atomic E-state index is 13.8. The van der Waals surface area contributed by atoms with Gasteiger partial charge in [0, 0.05) is 19.6 Å². The molecule has 0 N–H and O–H groups in total. The van der Waals surface area contributed by atoms with E-state index in [1.54, 1.807) is 0 Å². The molecule has 5 heteroatoms. The minimum absolute atomic E-state index is 0.113. The Morgan fingerprint density at radius 3 is 1.97 bits per heavy atom. The zero-order valence-corrected chi connectivity index (χ0v) is 20.7. The number of carbonyl (C=O) groups is 2. The van der Waals surface area contributed by atoms with E-state index in [0.29, 0.717) is 6.54 Å². The number of ether oxygens (including phenoxy) is 1. The average Bonchev–Trinajstić information content (AvgIpc) is 3.02. The van der Waals surface area contributed by atoms with Crippen LogP contribution in [0.1, 0.15) is 58.6 Å². The van der Waals surface area contributed by atoms with Gasteiger partial charge in [0.15, 0.2) is 0 Å². The average molecular weight is 451 g/mol. The van der Waals surface area contributed by atoms with Gasteiger partial charge in [-0.1, -0.05) is 87.9 Å². The summed E-state index contributed by atoms with van der Waals surface area (Å²) in [7, 11) is 0. The molecule has 2 aromatic rings. The van der Waals surface area contributed by atoms with Crippen molar-refractivity contribution in [1.29, 1.82) is 0 Å². The van der Waals surface area contributed by atoms with Crippen molar-refractivity contribution in [2.24, 2.45) is 11.8 Å². The molecule has 0 saturated carbocycles. The van der Waals surface area contributed by atoms with Gasteiger partial charge in [0.05, 0.1) is 12.0 Å². The molecular formula is C28H38N2O3. The third-order valence-electron chi connectivity index (χ3n) is 6.37. The lowest BCUT2D eigenvalue weighted by Crippen LogP contribution is -2.51. The van der Waals surface area contributed by atoms with E-state index in [1.807, 2.05) is 64.1 Å². The van der Waals surface area contributed by atoms with Crippen molar-refractivity contribution in [3.05, 3.63) is 71.8 Å². The highest BCUT2D eigenvalue weighted by atomic mass is 16.6. The van der Waals surface area contributed by atoms with E-state index in [4.69, 9.17) is 4.74 Å². The van der Waals surface area contributed by atoms with Crippen LogP contribution in [-0.4, -0.2) is 40.0 Å². The van der Waals surface area contributed by atoms with E-state index in [-0.39, 0.29) is 23.8 Å². The zero-order chi connectivity index (χ0) is 24.0. The molecular weight excluding hydrogens is 412 g/mol. The van der Waals surface area contributed by atoms with Gasteiger partial charge in [0.1, 0.15) is 5.60 Å². The highest BCUT2D eigenvalue weighted by molar-refractivity contribution is 5.95. The largest absolute Gasteiger partial charge is 0.441 e. The number of amides is 2. The van der Waals surface area contributed by atoms with E-state index in [9.17, 15) is 9.59 Å². The Morgan fingerprint density at radius 2 is 1.52 bits per heavy atom. The van der Waals surface area contributed by atoms with Gasteiger partial charge in [-0.15, -0.1) is 0 Å². The highest BCUT2D eigenvalue weighted by Crippen LogP contribution is 2.35. The summed E-state index contributed by atoms with van der Waals surface area (Å²) in [5, 5.41) is 0. The summed E-state index contributed by atoms with van der Waals surface area (Å²) >= 11 is 0. The number of rotatable bonds is 10. The van der Waals surface area contributed by atoms with E-state index >= 15 is 0 Å². The quantitative estimate of drug-likeness (QED) is 0.453. The summed E-state index contributed by atoms with van der Waals surface area (Å²) in [6, 6.07) is 20.4. The first-order chi connectivity index (χ1) is 15.7. The van der Waals surface area contributed by atoms with Crippen LogP contribution in [0.5, 0.6) is 0 Å². The molecule has 1 heterocycles. The van der Waals surface area contributed by atoms with Gasteiger partial charge in [-0.2, -0.15) is 0 Å². The van der Waals surface area contributed by atoms with Crippen molar-refractivity contribution < 1.29 is 14.3 Å². The minimum Gasteiger partial charge on any atom is -0.441 e. The van der Waals surface area contributed by atoms with E-state index < -0.39 is 11.7 Å². The van der Waals surface area contributed by atoms with Crippen molar-refractivity contribution >= 4 is 12.0 Å². The summed E-state index contributed by atoms with van der Waals surface area (Å²) < 4.78 is 5.63. The number of nitrogens with zero attached hydrogens (tertiary/aromatic N) is 2. The predicted molar refractivity (Wildman–Crippen MR) is 131 cm³/mol. The lowest BCUT2D eigenvalue weighted by molar-refractivity contribution is -0.135. The number of hydrogen-bond donors (Lipinski definition) is 0. The Labute approximate surface area is 198 Å². The number of carbonyl (C=O) groups excluding carboxylic acids is 2. The molecule has 5 nitrogen and oxygen atoms in total. The summed E-state index contributed by atoms with van der Waals surface area (Å²) in [6.07, 6.45) is 1.09. The van der Waals surface area contributed by atoms with E-state index in [1.165, 1.54) is 16.0 Å². The van der Waals surface area contributed by atoms with Crippen LogP contribution >= 0.6 is 0 Å². The molecule has 2 aromatic carbocycles. The third kappa shape index (κ3) is 6.23. The second-order valence-electron chi connectivity index (χ2n) is 9.99. The number of cyclic esters (lactones) is 1. The molecule has 33 heavy (non-hydrogen) atoms. The van der Waals surface area contributed by atoms with Gasteiger partial charge in [-0.3, -0.25) is 9.69 Å². The first kappa shape index (κ1) is 25.0. The van der Waals surface area contributed by atoms with Crippen LogP contribution in [0.3, 0.4) is 0 Å². The number of imide groups is 1. The van der Waals surface area contributed by atoms with E-state index in [2.05, 4.69) is 36.1 Å². The Kier molecular flexibility index (Phi) is 8.30. The Bertz CT molecular complexity index is 870. The third-order valence-corrected chi connectivity index (χ3v) is 6.37. The van der Waals surface area contributed by atoms with Crippen LogP contribution in [0.4, 0.5) is 4.79 Å². The second-order valence-corrected chi connectivity index (χ2v) is 9.99. The van der Waals surface area contributed by atoms with E-state index in [0.717, 1.165) is 25.9 Å². The van der Waals surface area contributed by atoms with Crippen LogP contribution < -0.4 is 0 Å². The summed E-state index contributed by atoms with van der Waals surface area (Å²) in [5.74, 6) is -0.273. The molecule has 0 unspecified atom stereocenters. The van der Waals surface area contributed by atoms with Gasteiger partial charge in [-0.25, -0.2) is 9.69 Å².